The van der Waals surface area contributed by atoms with Crippen LogP contribution in [0.3, 0.4) is 0 Å². The normalized spacial score (nSPS) is 14.0. The molecular weight excluding hydrogens is 360 g/mol. The Morgan fingerprint density at radius 2 is 1.92 bits per heavy atom. The van der Waals surface area contributed by atoms with Gasteiger partial charge < -0.3 is 10.3 Å². The van der Waals surface area contributed by atoms with Crippen molar-refractivity contribution in [2.75, 3.05) is 0 Å². The van der Waals surface area contributed by atoms with Crippen molar-refractivity contribution in [3.63, 3.8) is 0 Å². The van der Waals surface area contributed by atoms with Crippen LogP contribution in [0.2, 0.25) is 10.0 Å². The molecule has 0 bridgehead atoms. The van der Waals surface area contributed by atoms with Crippen LogP contribution in [0.4, 0.5) is 4.39 Å². The maximum absolute atomic E-state index is 13.6. The standard InChI is InChI=1S/C19H20Cl2FN3/c1-3-11(2)18(23)19-24-16-8-14(20)15(21)9-17(16)25(19)10-12-5-4-6-13(22)7-12/h4-9,11,18H,3,10,23H2,1-2H3/t11?,18-/m0/s1. The van der Waals surface area contributed by atoms with Crippen molar-refractivity contribution in [3.05, 3.63) is 63.6 Å². The molecule has 3 rings (SSSR count). The lowest BCUT2D eigenvalue weighted by Crippen LogP contribution is -2.23. The van der Waals surface area contributed by atoms with Gasteiger partial charge in [0.2, 0.25) is 0 Å². The van der Waals surface area contributed by atoms with Crippen molar-refractivity contribution in [1.29, 1.82) is 0 Å². The van der Waals surface area contributed by atoms with E-state index in [0.29, 0.717) is 16.6 Å². The molecule has 2 atom stereocenters. The molecule has 0 aliphatic carbocycles. The molecule has 132 valence electrons. The Morgan fingerprint density at radius 1 is 1.20 bits per heavy atom. The summed E-state index contributed by atoms with van der Waals surface area (Å²) in [6, 6.07) is 9.82. The van der Waals surface area contributed by atoms with Gasteiger partial charge in [-0.05, 0) is 35.7 Å². The zero-order valence-corrected chi connectivity index (χ0v) is 15.7. The minimum absolute atomic E-state index is 0.233. The number of rotatable bonds is 5. The van der Waals surface area contributed by atoms with E-state index in [1.165, 1.54) is 12.1 Å². The third kappa shape index (κ3) is 3.66. The lowest BCUT2D eigenvalue weighted by molar-refractivity contribution is 0.428. The minimum Gasteiger partial charge on any atom is -0.322 e. The summed E-state index contributed by atoms with van der Waals surface area (Å²) < 4.78 is 15.6. The highest BCUT2D eigenvalue weighted by Crippen LogP contribution is 2.32. The maximum atomic E-state index is 13.6. The summed E-state index contributed by atoms with van der Waals surface area (Å²) in [5.74, 6) is 0.747. The lowest BCUT2D eigenvalue weighted by Gasteiger charge is -2.20. The van der Waals surface area contributed by atoms with Crippen molar-refractivity contribution < 1.29 is 4.39 Å². The number of aromatic nitrogens is 2. The first-order valence-electron chi connectivity index (χ1n) is 8.26. The molecule has 1 unspecified atom stereocenters. The van der Waals surface area contributed by atoms with Crippen molar-refractivity contribution in [1.82, 2.24) is 9.55 Å². The van der Waals surface area contributed by atoms with Crippen LogP contribution in [0.1, 0.15) is 37.7 Å². The zero-order chi connectivity index (χ0) is 18.1. The Kier molecular flexibility index (Phi) is 5.32. The fourth-order valence-electron chi connectivity index (χ4n) is 2.89. The first-order chi connectivity index (χ1) is 11.9. The number of hydrogen-bond donors (Lipinski definition) is 1. The van der Waals surface area contributed by atoms with Gasteiger partial charge >= 0.3 is 0 Å². The summed E-state index contributed by atoms with van der Waals surface area (Å²) in [5.41, 5.74) is 8.86. The van der Waals surface area contributed by atoms with Gasteiger partial charge in [0.15, 0.2) is 0 Å². The molecule has 0 spiro atoms. The summed E-state index contributed by atoms with van der Waals surface area (Å²) in [7, 11) is 0. The summed E-state index contributed by atoms with van der Waals surface area (Å²) >= 11 is 12.3. The highest BCUT2D eigenvalue weighted by Gasteiger charge is 2.22. The van der Waals surface area contributed by atoms with E-state index in [1.54, 1.807) is 18.2 Å². The topological polar surface area (TPSA) is 43.8 Å². The molecule has 0 aliphatic rings. The Morgan fingerprint density at radius 3 is 2.60 bits per heavy atom. The number of hydrogen-bond acceptors (Lipinski definition) is 2. The van der Waals surface area contributed by atoms with Gasteiger partial charge in [0.1, 0.15) is 11.6 Å². The molecule has 0 radical (unpaired) electrons. The van der Waals surface area contributed by atoms with Gasteiger partial charge in [-0.2, -0.15) is 0 Å². The second-order valence-electron chi connectivity index (χ2n) is 6.35. The van der Waals surface area contributed by atoms with Gasteiger partial charge in [0.05, 0.1) is 27.1 Å². The van der Waals surface area contributed by atoms with E-state index in [-0.39, 0.29) is 17.8 Å². The highest BCUT2D eigenvalue weighted by atomic mass is 35.5. The van der Waals surface area contributed by atoms with Gasteiger partial charge in [-0.15, -0.1) is 0 Å². The van der Waals surface area contributed by atoms with Gasteiger partial charge in [-0.1, -0.05) is 55.6 Å². The molecule has 2 aromatic carbocycles. The number of nitrogens with two attached hydrogens (primary N) is 1. The Labute approximate surface area is 156 Å². The second kappa shape index (κ2) is 7.32. The van der Waals surface area contributed by atoms with Crippen LogP contribution in [0, 0.1) is 11.7 Å². The molecule has 25 heavy (non-hydrogen) atoms. The van der Waals surface area contributed by atoms with Gasteiger partial charge in [-0.3, -0.25) is 0 Å². The van der Waals surface area contributed by atoms with Crippen molar-refractivity contribution in [2.24, 2.45) is 11.7 Å². The Balaban J connectivity index is 2.16. The molecule has 3 nitrogen and oxygen atoms in total. The van der Waals surface area contributed by atoms with Gasteiger partial charge in [0, 0.05) is 6.54 Å². The molecule has 1 heterocycles. The quantitative estimate of drug-likeness (QED) is 0.628. The van der Waals surface area contributed by atoms with Crippen LogP contribution in [0.5, 0.6) is 0 Å². The number of nitrogens with zero attached hydrogens (tertiary/aromatic N) is 2. The van der Waals surface area contributed by atoms with Crippen LogP contribution in [-0.2, 0) is 6.54 Å². The van der Waals surface area contributed by atoms with Crippen LogP contribution >= 0.6 is 23.2 Å². The van der Waals surface area contributed by atoms with E-state index >= 15 is 0 Å². The molecular formula is C19H20Cl2FN3. The van der Waals surface area contributed by atoms with Crippen molar-refractivity contribution in [2.45, 2.75) is 32.9 Å². The maximum Gasteiger partial charge on any atom is 0.127 e. The number of halogens is 3. The van der Waals surface area contributed by atoms with Gasteiger partial charge in [0.25, 0.3) is 0 Å². The number of imidazole rings is 1. The van der Waals surface area contributed by atoms with Crippen LogP contribution in [-0.4, -0.2) is 9.55 Å². The van der Waals surface area contributed by atoms with Crippen LogP contribution in [0.15, 0.2) is 36.4 Å². The van der Waals surface area contributed by atoms with E-state index in [4.69, 9.17) is 33.9 Å². The van der Waals surface area contributed by atoms with E-state index in [2.05, 4.69) is 13.8 Å². The van der Waals surface area contributed by atoms with Crippen molar-refractivity contribution in [3.8, 4) is 0 Å². The molecule has 1 aromatic heterocycles. The minimum atomic E-state index is -0.268. The van der Waals surface area contributed by atoms with Crippen molar-refractivity contribution >= 4 is 34.2 Å². The molecule has 0 aliphatic heterocycles. The Bertz CT molecular complexity index is 907. The molecule has 0 saturated carbocycles. The fraction of sp³-hybridized carbons (Fsp3) is 0.316. The first kappa shape index (κ1) is 18.2. The summed E-state index contributed by atoms with van der Waals surface area (Å²) in [5, 5.41) is 0.909. The lowest BCUT2D eigenvalue weighted by atomic mass is 9.99. The molecule has 0 saturated heterocycles. The van der Waals surface area contributed by atoms with Crippen LogP contribution < -0.4 is 5.73 Å². The highest BCUT2D eigenvalue weighted by molar-refractivity contribution is 6.42. The number of fused-ring (bicyclic) bond motifs is 1. The molecule has 0 fully saturated rings. The first-order valence-corrected chi connectivity index (χ1v) is 9.01. The molecule has 3 aromatic rings. The Hall–Kier alpha value is -1.62. The summed E-state index contributed by atoms with van der Waals surface area (Å²) in [6.45, 7) is 4.65. The monoisotopic (exact) mass is 379 g/mol. The SMILES string of the molecule is CCC(C)[C@H](N)c1nc2cc(Cl)c(Cl)cc2n1Cc1cccc(F)c1. The van der Waals surface area contributed by atoms with Gasteiger partial charge in [-0.25, -0.2) is 9.37 Å². The third-order valence-corrected chi connectivity index (χ3v) is 5.33. The number of benzene rings is 2. The summed E-state index contributed by atoms with van der Waals surface area (Å²) in [6.07, 6.45) is 0.936. The zero-order valence-electron chi connectivity index (χ0n) is 14.1. The van der Waals surface area contributed by atoms with E-state index in [9.17, 15) is 4.39 Å². The predicted molar refractivity (Wildman–Crippen MR) is 102 cm³/mol. The summed E-state index contributed by atoms with van der Waals surface area (Å²) in [4.78, 5) is 4.70. The molecule has 0 amide bonds. The average molecular weight is 380 g/mol. The average Bonchev–Trinajstić information content (AvgIpc) is 2.91. The predicted octanol–water partition coefficient (Wildman–Crippen LogP) is 5.58. The third-order valence-electron chi connectivity index (χ3n) is 4.60. The van der Waals surface area contributed by atoms with E-state index < -0.39 is 0 Å². The van der Waals surface area contributed by atoms with E-state index in [1.807, 2.05) is 10.6 Å². The fourth-order valence-corrected chi connectivity index (χ4v) is 3.20. The molecule has 2 N–H and O–H groups in total. The van der Waals surface area contributed by atoms with Crippen LogP contribution in [0.25, 0.3) is 11.0 Å². The van der Waals surface area contributed by atoms with E-state index in [0.717, 1.165) is 28.8 Å². The largest absolute Gasteiger partial charge is 0.322 e. The smallest absolute Gasteiger partial charge is 0.127 e. The second-order valence-corrected chi connectivity index (χ2v) is 7.17. The molecule has 6 heteroatoms.